The maximum absolute atomic E-state index is 13.0. The highest BCUT2D eigenvalue weighted by atomic mass is 79.9. The van der Waals surface area contributed by atoms with Gasteiger partial charge in [0.1, 0.15) is 5.82 Å². The summed E-state index contributed by atoms with van der Waals surface area (Å²) in [4.78, 5) is 11.0. The molecular weight excluding hydrogens is 265 g/mol. The number of nitrogens with two attached hydrogens (primary N) is 1. The van der Waals surface area contributed by atoms with E-state index in [4.69, 9.17) is 5.73 Å². The van der Waals surface area contributed by atoms with Gasteiger partial charge in [-0.2, -0.15) is 0 Å². The van der Waals surface area contributed by atoms with E-state index in [2.05, 4.69) is 20.7 Å². The van der Waals surface area contributed by atoms with Crippen LogP contribution in [0.4, 0.5) is 4.39 Å². The lowest BCUT2D eigenvalue weighted by Crippen LogP contribution is -2.16. The van der Waals surface area contributed by atoms with E-state index in [-0.39, 0.29) is 12.2 Å². The zero-order valence-electron chi connectivity index (χ0n) is 8.17. The Morgan fingerprint density at radius 1 is 1.60 bits per heavy atom. The van der Waals surface area contributed by atoms with Crippen molar-refractivity contribution in [2.75, 3.05) is 7.11 Å². The number of halogens is 2. The summed E-state index contributed by atoms with van der Waals surface area (Å²) < 4.78 is 18.1. The Labute approximate surface area is 95.5 Å². The van der Waals surface area contributed by atoms with Gasteiger partial charge in [0.05, 0.1) is 13.5 Å². The second kappa shape index (κ2) is 5.23. The SMILES string of the molecule is COC(=O)C[C@@H](N)c1cc(F)cc(Br)c1. The summed E-state index contributed by atoms with van der Waals surface area (Å²) >= 11 is 3.15. The fourth-order valence-corrected chi connectivity index (χ4v) is 1.65. The van der Waals surface area contributed by atoms with E-state index in [1.54, 1.807) is 6.07 Å². The number of carbonyl (C=O) groups is 1. The van der Waals surface area contributed by atoms with Crippen molar-refractivity contribution in [1.29, 1.82) is 0 Å². The van der Waals surface area contributed by atoms with Gasteiger partial charge in [0.25, 0.3) is 0 Å². The van der Waals surface area contributed by atoms with Crippen LogP contribution in [0.5, 0.6) is 0 Å². The van der Waals surface area contributed by atoms with E-state index in [0.29, 0.717) is 10.0 Å². The zero-order chi connectivity index (χ0) is 11.4. The number of rotatable bonds is 3. The van der Waals surface area contributed by atoms with Gasteiger partial charge in [-0.05, 0) is 23.8 Å². The number of benzene rings is 1. The molecule has 0 aliphatic carbocycles. The van der Waals surface area contributed by atoms with Gasteiger partial charge in [-0.15, -0.1) is 0 Å². The molecule has 0 fully saturated rings. The second-order valence-corrected chi connectivity index (χ2v) is 4.01. The van der Waals surface area contributed by atoms with Gasteiger partial charge < -0.3 is 10.5 Å². The van der Waals surface area contributed by atoms with Gasteiger partial charge in [-0.3, -0.25) is 4.79 Å². The van der Waals surface area contributed by atoms with E-state index in [1.165, 1.54) is 19.2 Å². The topological polar surface area (TPSA) is 52.3 Å². The molecule has 0 aliphatic heterocycles. The van der Waals surface area contributed by atoms with Crippen LogP contribution in [-0.4, -0.2) is 13.1 Å². The van der Waals surface area contributed by atoms with Gasteiger partial charge in [-0.1, -0.05) is 15.9 Å². The monoisotopic (exact) mass is 275 g/mol. The van der Waals surface area contributed by atoms with E-state index < -0.39 is 12.0 Å². The zero-order valence-corrected chi connectivity index (χ0v) is 9.75. The van der Waals surface area contributed by atoms with E-state index in [0.717, 1.165) is 0 Å². The van der Waals surface area contributed by atoms with Crippen LogP contribution in [0.15, 0.2) is 22.7 Å². The van der Waals surface area contributed by atoms with Crippen molar-refractivity contribution in [3.8, 4) is 0 Å². The molecule has 0 spiro atoms. The minimum absolute atomic E-state index is 0.0341. The third-order valence-corrected chi connectivity index (χ3v) is 2.39. The summed E-state index contributed by atoms with van der Waals surface area (Å²) in [6, 6.07) is 3.76. The van der Waals surface area contributed by atoms with Gasteiger partial charge in [0.15, 0.2) is 0 Å². The van der Waals surface area contributed by atoms with Crippen molar-refractivity contribution in [2.45, 2.75) is 12.5 Å². The number of hydrogen-bond acceptors (Lipinski definition) is 3. The van der Waals surface area contributed by atoms with Gasteiger partial charge in [0, 0.05) is 10.5 Å². The molecule has 0 unspecified atom stereocenters. The van der Waals surface area contributed by atoms with Crippen molar-refractivity contribution in [3.05, 3.63) is 34.1 Å². The molecule has 15 heavy (non-hydrogen) atoms. The number of hydrogen-bond donors (Lipinski definition) is 1. The van der Waals surface area contributed by atoms with Gasteiger partial charge in [0.2, 0.25) is 0 Å². The Morgan fingerprint density at radius 3 is 2.80 bits per heavy atom. The van der Waals surface area contributed by atoms with Crippen LogP contribution in [0, 0.1) is 5.82 Å². The largest absolute Gasteiger partial charge is 0.469 e. The Morgan fingerprint density at radius 2 is 2.27 bits per heavy atom. The molecule has 0 amide bonds. The molecule has 0 aromatic heterocycles. The van der Waals surface area contributed by atoms with Crippen LogP contribution in [-0.2, 0) is 9.53 Å². The molecule has 1 rings (SSSR count). The number of methoxy groups -OCH3 is 1. The lowest BCUT2D eigenvalue weighted by Gasteiger charge is -2.11. The summed E-state index contributed by atoms with van der Waals surface area (Å²) in [5, 5.41) is 0. The van der Waals surface area contributed by atoms with E-state index in [9.17, 15) is 9.18 Å². The summed E-state index contributed by atoms with van der Waals surface area (Å²) in [5.41, 5.74) is 6.28. The van der Waals surface area contributed by atoms with E-state index in [1.807, 2.05) is 0 Å². The first-order chi connectivity index (χ1) is 7.02. The average Bonchev–Trinajstić information content (AvgIpc) is 2.16. The predicted octanol–water partition coefficient (Wildman–Crippen LogP) is 2.15. The first-order valence-corrected chi connectivity index (χ1v) is 5.10. The predicted molar refractivity (Wildman–Crippen MR) is 57.7 cm³/mol. The van der Waals surface area contributed by atoms with Crippen LogP contribution in [0.2, 0.25) is 0 Å². The molecule has 3 nitrogen and oxygen atoms in total. The Bertz CT molecular complexity index is 350. The van der Waals surface area contributed by atoms with Gasteiger partial charge in [-0.25, -0.2) is 4.39 Å². The Balaban J connectivity index is 2.81. The fourth-order valence-electron chi connectivity index (χ4n) is 1.17. The van der Waals surface area contributed by atoms with Crippen LogP contribution >= 0.6 is 15.9 Å². The molecule has 0 radical (unpaired) electrons. The smallest absolute Gasteiger partial charge is 0.307 e. The minimum Gasteiger partial charge on any atom is -0.469 e. The number of esters is 1. The molecule has 0 saturated heterocycles. The average molecular weight is 276 g/mol. The first-order valence-electron chi connectivity index (χ1n) is 4.31. The summed E-state index contributed by atoms with van der Waals surface area (Å²) in [6.07, 6.45) is 0.0341. The molecule has 0 aliphatic rings. The van der Waals surface area contributed by atoms with Crippen molar-refractivity contribution in [2.24, 2.45) is 5.73 Å². The molecule has 0 bridgehead atoms. The molecular formula is C10H11BrFNO2. The van der Waals surface area contributed by atoms with Crippen LogP contribution in [0.25, 0.3) is 0 Å². The Kier molecular flexibility index (Phi) is 4.23. The van der Waals surface area contributed by atoms with Crippen LogP contribution in [0.1, 0.15) is 18.0 Å². The molecule has 2 N–H and O–H groups in total. The fraction of sp³-hybridized carbons (Fsp3) is 0.300. The normalized spacial score (nSPS) is 12.3. The maximum atomic E-state index is 13.0. The first kappa shape index (κ1) is 12.1. The van der Waals surface area contributed by atoms with Gasteiger partial charge >= 0.3 is 5.97 Å². The molecule has 1 aromatic carbocycles. The quantitative estimate of drug-likeness (QED) is 0.860. The number of carbonyl (C=O) groups excluding carboxylic acids is 1. The second-order valence-electron chi connectivity index (χ2n) is 3.09. The third kappa shape index (κ3) is 3.60. The molecule has 5 heteroatoms. The maximum Gasteiger partial charge on any atom is 0.307 e. The molecule has 1 atom stereocenters. The standard InChI is InChI=1S/C10H11BrFNO2/c1-15-10(14)5-9(13)6-2-7(11)4-8(12)3-6/h2-4,9H,5,13H2,1H3/t9-/m1/s1. The van der Waals surface area contributed by atoms with Crippen molar-refractivity contribution < 1.29 is 13.9 Å². The molecule has 0 heterocycles. The molecule has 1 aromatic rings. The van der Waals surface area contributed by atoms with Crippen molar-refractivity contribution in [1.82, 2.24) is 0 Å². The van der Waals surface area contributed by atoms with Crippen molar-refractivity contribution in [3.63, 3.8) is 0 Å². The van der Waals surface area contributed by atoms with E-state index >= 15 is 0 Å². The highest BCUT2D eigenvalue weighted by Crippen LogP contribution is 2.21. The number of ether oxygens (including phenoxy) is 1. The third-order valence-electron chi connectivity index (χ3n) is 1.93. The summed E-state index contributed by atoms with van der Waals surface area (Å²) in [5.74, 6) is -0.803. The van der Waals surface area contributed by atoms with Crippen LogP contribution < -0.4 is 5.73 Å². The van der Waals surface area contributed by atoms with Crippen molar-refractivity contribution >= 4 is 21.9 Å². The highest BCUT2D eigenvalue weighted by molar-refractivity contribution is 9.10. The summed E-state index contributed by atoms with van der Waals surface area (Å²) in [6.45, 7) is 0. The lowest BCUT2D eigenvalue weighted by molar-refractivity contribution is -0.141. The molecule has 82 valence electrons. The molecule has 0 saturated carbocycles. The summed E-state index contributed by atoms with van der Waals surface area (Å²) in [7, 11) is 1.29. The minimum atomic E-state index is -0.551. The highest BCUT2D eigenvalue weighted by Gasteiger charge is 2.13. The van der Waals surface area contributed by atoms with Crippen LogP contribution in [0.3, 0.4) is 0 Å². The Hall–Kier alpha value is -0.940. The lowest BCUT2D eigenvalue weighted by atomic mass is 10.1.